The van der Waals surface area contributed by atoms with Crippen LogP contribution in [0.4, 0.5) is 4.79 Å². The third-order valence-electron chi connectivity index (χ3n) is 4.37. The van der Waals surface area contributed by atoms with Crippen molar-refractivity contribution >= 4 is 6.03 Å². The van der Waals surface area contributed by atoms with Crippen LogP contribution in [0.5, 0.6) is 11.5 Å². The van der Waals surface area contributed by atoms with E-state index in [0.717, 1.165) is 51.3 Å². The molecule has 0 bridgehead atoms. The van der Waals surface area contributed by atoms with Crippen LogP contribution in [0, 0.1) is 0 Å². The summed E-state index contributed by atoms with van der Waals surface area (Å²) in [7, 11) is 4.93. The Balaban J connectivity index is 1.76. The molecule has 7 heteroatoms. The first-order chi connectivity index (χ1) is 12.2. The maximum atomic E-state index is 12.3. The minimum Gasteiger partial charge on any atom is -0.493 e. The molecule has 1 aromatic carbocycles. The van der Waals surface area contributed by atoms with Gasteiger partial charge < -0.3 is 24.4 Å². The number of hydrogen-bond acceptors (Lipinski definition) is 5. The summed E-state index contributed by atoms with van der Waals surface area (Å²) in [5.41, 5.74) is 0.976. The van der Waals surface area contributed by atoms with E-state index in [9.17, 15) is 4.79 Å². The highest BCUT2D eigenvalue weighted by Gasteiger charge is 2.20. The summed E-state index contributed by atoms with van der Waals surface area (Å²) in [6.45, 7) is 5.60. The number of amides is 2. The molecule has 0 saturated carbocycles. The number of benzene rings is 1. The maximum absolute atomic E-state index is 12.3. The molecule has 1 N–H and O–H groups in total. The van der Waals surface area contributed by atoms with Gasteiger partial charge in [-0.15, -0.1) is 0 Å². The average molecular weight is 351 g/mol. The van der Waals surface area contributed by atoms with Crippen LogP contribution in [-0.4, -0.2) is 76.5 Å². The fourth-order valence-electron chi connectivity index (χ4n) is 2.89. The van der Waals surface area contributed by atoms with Crippen LogP contribution in [0.1, 0.15) is 12.0 Å². The van der Waals surface area contributed by atoms with Crippen LogP contribution in [0.15, 0.2) is 18.2 Å². The molecular weight excluding hydrogens is 322 g/mol. The van der Waals surface area contributed by atoms with Gasteiger partial charge in [-0.25, -0.2) is 4.79 Å². The Hall–Kier alpha value is -1.99. The van der Waals surface area contributed by atoms with Crippen LogP contribution in [-0.2, 0) is 11.3 Å². The van der Waals surface area contributed by atoms with E-state index in [0.29, 0.717) is 18.0 Å². The third kappa shape index (κ3) is 5.79. The number of carbonyl (C=O) groups excluding carboxylic acids is 1. The highest BCUT2D eigenvalue weighted by Crippen LogP contribution is 2.27. The zero-order valence-electron chi connectivity index (χ0n) is 15.4. The van der Waals surface area contributed by atoms with Gasteiger partial charge in [0.15, 0.2) is 11.5 Å². The van der Waals surface area contributed by atoms with E-state index in [4.69, 9.17) is 14.2 Å². The number of nitrogens with zero attached hydrogens (tertiary/aromatic N) is 2. The van der Waals surface area contributed by atoms with Crippen molar-refractivity contribution in [3.05, 3.63) is 23.8 Å². The highest BCUT2D eigenvalue weighted by atomic mass is 16.5. The second-order valence-corrected chi connectivity index (χ2v) is 6.02. The number of ether oxygens (including phenoxy) is 3. The van der Waals surface area contributed by atoms with Crippen LogP contribution >= 0.6 is 0 Å². The molecule has 0 atom stereocenters. The van der Waals surface area contributed by atoms with Crippen molar-refractivity contribution in [3.8, 4) is 11.5 Å². The minimum atomic E-state index is -0.0219. The Morgan fingerprint density at radius 2 is 1.80 bits per heavy atom. The summed E-state index contributed by atoms with van der Waals surface area (Å²) >= 11 is 0. The number of carbonyl (C=O) groups is 1. The van der Waals surface area contributed by atoms with Gasteiger partial charge in [0.1, 0.15) is 0 Å². The molecule has 1 heterocycles. The highest BCUT2D eigenvalue weighted by molar-refractivity contribution is 5.74. The summed E-state index contributed by atoms with van der Waals surface area (Å²) in [5.74, 6) is 1.35. The van der Waals surface area contributed by atoms with E-state index in [1.165, 1.54) is 0 Å². The van der Waals surface area contributed by atoms with Crippen LogP contribution in [0.25, 0.3) is 0 Å². The van der Waals surface area contributed by atoms with Gasteiger partial charge in [0.25, 0.3) is 0 Å². The van der Waals surface area contributed by atoms with Crippen LogP contribution < -0.4 is 14.8 Å². The first-order valence-corrected chi connectivity index (χ1v) is 8.63. The van der Waals surface area contributed by atoms with Crippen molar-refractivity contribution in [1.82, 2.24) is 15.1 Å². The molecule has 0 aliphatic carbocycles. The molecule has 25 heavy (non-hydrogen) atoms. The maximum Gasteiger partial charge on any atom is 0.317 e. The minimum absolute atomic E-state index is 0.0219. The second-order valence-electron chi connectivity index (χ2n) is 6.02. The van der Waals surface area contributed by atoms with Gasteiger partial charge in [-0.05, 0) is 24.1 Å². The molecule has 0 spiro atoms. The van der Waals surface area contributed by atoms with Crippen LogP contribution in [0.2, 0.25) is 0 Å². The van der Waals surface area contributed by atoms with E-state index in [-0.39, 0.29) is 6.03 Å². The Morgan fingerprint density at radius 3 is 2.44 bits per heavy atom. The normalized spacial score (nSPS) is 15.1. The molecule has 1 fully saturated rings. The molecule has 7 nitrogen and oxygen atoms in total. The van der Waals surface area contributed by atoms with Crippen molar-refractivity contribution in [2.45, 2.75) is 13.0 Å². The number of nitrogens with one attached hydrogen (secondary N) is 1. The predicted molar refractivity (Wildman–Crippen MR) is 96.3 cm³/mol. The third-order valence-corrected chi connectivity index (χ3v) is 4.37. The molecule has 140 valence electrons. The summed E-state index contributed by atoms with van der Waals surface area (Å²) in [5, 5.41) is 2.98. The number of methoxy groups -OCH3 is 3. The molecule has 0 aromatic heterocycles. The SMILES string of the molecule is COCCCN1CCN(C(=O)NCc2ccc(OC)c(OC)c2)CC1. The first kappa shape index (κ1) is 19.3. The number of piperazine rings is 1. The molecule has 1 saturated heterocycles. The van der Waals surface area contributed by atoms with Gasteiger partial charge >= 0.3 is 6.03 Å². The van der Waals surface area contributed by atoms with Gasteiger partial charge in [-0.2, -0.15) is 0 Å². The summed E-state index contributed by atoms with van der Waals surface area (Å²) in [6.07, 6.45) is 1.03. The Bertz CT molecular complexity index is 545. The fraction of sp³-hybridized carbons (Fsp3) is 0.611. The van der Waals surface area contributed by atoms with Crippen molar-refractivity contribution in [3.63, 3.8) is 0 Å². The predicted octanol–water partition coefficient (Wildman–Crippen LogP) is 1.57. The number of hydrogen-bond donors (Lipinski definition) is 1. The number of urea groups is 1. The molecule has 0 unspecified atom stereocenters. The first-order valence-electron chi connectivity index (χ1n) is 8.63. The van der Waals surface area contributed by atoms with Crippen molar-refractivity contribution in [2.24, 2.45) is 0 Å². The Labute approximate surface area is 149 Å². The zero-order valence-corrected chi connectivity index (χ0v) is 15.4. The lowest BCUT2D eigenvalue weighted by Crippen LogP contribution is -2.51. The van der Waals surface area contributed by atoms with E-state index in [1.807, 2.05) is 23.1 Å². The van der Waals surface area contributed by atoms with Gasteiger partial charge in [0, 0.05) is 53.0 Å². The quantitative estimate of drug-likeness (QED) is 0.720. The van der Waals surface area contributed by atoms with Crippen LogP contribution in [0.3, 0.4) is 0 Å². The lowest BCUT2D eigenvalue weighted by atomic mass is 10.2. The van der Waals surface area contributed by atoms with E-state index >= 15 is 0 Å². The molecule has 1 aliphatic heterocycles. The smallest absolute Gasteiger partial charge is 0.317 e. The standard InChI is InChI=1S/C18H29N3O4/c1-23-12-4-7-20-8-10-21(11-9-20)18(22)19-14-15-5-6-16(24-2)17(13-15)25-3/h5-6,13H,4,7-12,14H2,1-3H3,(H,19,22). The summed E-state index contributed by atoms with van der Waals surface area (Å²) < 4.78 is 15.6. The zero-order chi connectivity index (χ0) is 18.1. The Morgan fingerprint density at radius 1 is 1.08 bits per heavy atom. The summed E-state index contributed by atoms with van der Waals surface area (Å²) in [6, 6.07) is 5.63. The second kappa shape index (κ2) is 10.1. The molecule has 0 radical (unpaired) electrons. The molecule has 1 aliphatic rings. The van der Waals surface area contributed by atoms with Gasteiger partial charge in [-0.1, -0.05) is 6.07 Å². The average Bonchev–Trinajstić information content (AvgIpc) is 2.66. The Kier molecular flexibility index (Phi) is 7.81. The van der Waals surface area contributed by atoms with Gasteiger partial charge in [0.2, 0.25) is 0 Å². The van der Waals surface area contributed by atoms with Crippen molar-refractivity contribution in [2.75, 3.05) is 60.7 Å². The van der Waals surface area contributed by atoms with E-state index in [1.54, 1.807) is 21.3 Å². The molecule has 1 aromatic rings. The van der Waals surface area contributed by atoms with E-state index in [2.05, 4.69) is 10.2 Å². The molecular formula is C18H29N3O4. The lowest BCUT2D eigenvalue weighted by molar-refractivity contribution is 0.125. The van der Waals surface area contributed by atoms with Crippen molar-refractivity contribution in [1.29, 1.82) is 0 Å². The fourth-order valence-corrected chi connectivity index (χ4v) is 2.89. The largest absolute Gasteiger partial charge is 0.493 e. The van der Waals surface area contributed by atoms with Gasteiger partial charge in [-0.3, -0.25) is 4.90 Å². The summed E-state index contributed by atoms with van der Waals surface area (Å²) in [4.78, 5) is 16.6. The van der Waals surface area contributed by atoms with Gasteiger partial charge in [0.05, 0.1) is 14.2 Å². The van der Waals surface area contributed by atoms with E-state index < -0.39 is 0 Å². The topological polar surface area (TPSA) is 63.3 Å². The molecule has 2 amide bonds. The lowest BCUT2D eigenvalue weighted by Gasteiger charge is -2.34. The monoisotopic (exact) mass is 351 g/mol. The number of rotatable bonds is 8. The molecule has 2 rings (SSSR count). The van der Waals surface area contributed by atoms with Crippen molar-refractivity contribution < 1.29 is 19.0 Å².